The molecule has 2 aliphatic rings. The third-order valence-corrected chi connectivity index (χ3v) is 8.34. The number of pyridine rings is 1. The lowest BCUT2D eigenvalue weighted by Gasteiger charge is -2.23. The van der Waals surface area contributed by atoms with Gasteiger partial charge in [-0.1, -0.05) is 30.3 Å². The van der Waals surface area contributed by atoms with Crippen LogP contribution in [0.2, 0.25) is 0 Å². The first-order chi connectivity index (χ1) is 19.9. The molecule has 212 valence electrons. The Balaban J connectivity index is 1.29. The Labute approximate surface area is 240 Å². The summed E-state index contributed by atoms with van der Waals surface area (Å²) < 4.78 is 21.0. The van der Waals surface area contributed by atoms with E-state index in [2.05, 4.69) is 20.6 Å². The Hall–Kier alpha value is -3.91. The summed E-state index contributed by atoms with van der Waals surface area (Å²) in [5.74, 6) is 1.60. The second-order valence-corrected chi connectivity index (χ2v) is 11.6. The molecule has 2 N–H and O–H groups in total. The number of hydrogen-bond acceptors (Lipinski definition) is 7. The molecule has 1 unspecified atom stereocenters. The molecular formula is C33H36FN5O2. The first kappa shape index (κ1) is 27.3. The Morgan fingerprint density at radius 2 is 2.00 bits per heavy atom. The number of ether oxygens (including phenoxy) is 1. The number of carbonyl (C=O) groups is 1. The summed E-state index contributed by atoms with van der Waals surface area (Å²) in [4.78, 5) is 26.9. The molecule has 2 aromatic carbocycles. The van der Waals surface area contributed by atoms with Crippen LogP contribution in [0.15, 0.2) is 60.9 Å². The quantitative estimate of drug-likeness (QED) is 0.254. The third-order valence-electron chi connectivity index (χ3n) is 8.34. The van der Waals surface area contributed by atoms with Crippen LogP contribution >= 0.6 is 0 Å². The summed E-state index contributed by atoms with van der Waals surface area (Å²) in [7, 11) is 0. The highest BCUT2D eigenvalue weighted by Crippen LogP contribution is 2.40. The Bertz CT molecular complexity index is 1570. The fourth-order valence-electron chi connectivity index (χ4n) is 6.09. The Morgan fingerprint density at radius 1 is 1.10 bits per heavy atom. The van der Waals surface area contributed by atoms with Gasteiger partial charge in [-0.2, -0.15) is 0 Å². The minimum Gasteiger partial charge on any atom is -0.437 e. The van der Waals surface area contributed by atoms with Crippen LogP contribution in [0.3, 0.4) is 0 Å². The van der Waals surface area contributed by atoms with E-state index in [0.29, 0.717) is 36.8 Å². The molecule has 1 aliphatic heterocycles. The van der Waals surface area contributed by atoms with Gasteiger partial charge in [0.05, 0.1) is 11.3 Å². The van der Waals surface area contributed by atoms with Crippen LogP contribution in [-0.2, 0) is 11.2 Å². The number of aromatic nitrogens is 3. The molecule has 2 fully saturated rings. The maximum atomic E-state index is 14.4. The van der Waals surface area contributed by atoms with Crippen molar-refractivity contribution in [1.82, 2.24) is 20.3 Å². The van der Waals surface area contributed by atoms with Crippen LogP contribution in [-0.4, -0.2) is 45.5 Å². The molecule has 4 aromatic rings. The first-order valence-corrected chi connectivity index (χ1v) is 14.5. The summed E-state index contributed by atoms with van der Waals surface area (Å²) in [5, 5.41) is 8.71. The number of benzene rings is 2. The molecule has 0 bridgehead atoms. The Morgan fingerprint density at radius 3 is 2.80 bits per heavy atom. The Kier molecular flexibility index (Phi) is 7.67. The minimum absolute atomic E-state index is 0.103. The van der Waals surface area contributed by atoms with Gasteiger partial charge < -0.3 is 15.4 Å². The van der Waals surface area contributed by atoms with Crippen molar-refractivity contribution in [2.45, 2.75) is 64.1 Å². The van der Waals surface area contributed by atoms with Crippen molar-refractivity contribution in [3.8, 4) is 22.9 Å². The second-order valence-electron chi connectivity index (χ2n) is 11.6. The molecule has 1 saturated heterocycles. The van der Waals surface area contributed by atoms with Gasteiger partial charge in [0, 0.05) is 42.7 Å². The zero-order chi connectivity index (χ0) is 28.4. The van der Waals surface area contributed by atoms with Crippen molar-refractivity contribution in [3.63, 3.8) is 0 Å². The number of nitrogens with zero attached hydrogens (tertiary/aromatic N) is 3. The predicted molar refractivity (Wildman–Crippen MR) is 159 cm³/mol. The van der Waals surface area contributed by atoms with Gasteiger partial charge in [0.2, 0.25) is 11.8 Å². The number of nitrogens with one attached hydrogen (secondary N) is 2. The highest BCUT2D eigenvalue weighted by Gasteiger charge is 2.38. The lowest BCUT2D eigenvalue weighted by molar-refractivity contribution is -0.122. The molecule has 41 heavy (non-hydrogen) atoms. The van der Waals surface area contributed by atoms with Gasteiger partial charge in [-0.3, -0.25) is 4.79 Å². The van der Waals surface area contributed by atoms with E-state index in [-0.39, 0.29) is 24.2 Å². The maximum Gasteiger partial charge on any atom is 0.228 e. The number of piperidine rings is 1. The van der Waals surface area contributed by atoms with E-state index in [1.807, 2.05) is 55.5 Å². The lowest BCUT2D eigenvalue weighted by Crippen LogP contribution is -2.38. The van der Waals surface area contributed by atoms with Gasteiger partial charge >= 0.3 is 0 Å². The minimum atomic E-state index is -1.24. The van der Waals surface area contributed by atoms with Crippen LogP contribution in [0.4, 0.5) is 10.3 Å². The van der Waals surface area contributed by atoms with Crippen molar-refractivity contribution in [1.29, 1.82) is 0 Å². The molecule has 6 rings (SSSR count). The lowest BCUT2D eigenvalue weighted by atomic mass is 9.92. The molecule has 0 spiro atoms. The number of ketones is 1. The van der Waals surface area contributed by atoms with Crippen LogP contribution in [0.25, 0.3) is 22.0 Å². The summed E-state index contributed by atoms with van der Waals surface area (Å²) in [5.41, 5.74) is 2.12. The molecule has 1 saturated carbocycles. The largest absolute Gasteiger partial charge is 0.437 e. The van der Waals surface area contributed by atoms with E-state index in [9.17, 15) is 9.18 Å². The average molecular weight is 554 g/mol. The first-order valence-electron chi connectivity index (χ1n) is 14.5. The molecule has 0 amide bonds. The van der Waals surface area contributed by atoms with Gasteiger partial charge in [-0.05, 0) is 87.2 Å². The molecule has 2 aromatic heterocycles. The molecule has 8 heteroatoms. The van der Waals surface area contributed by atoms with E-state index in [1.165, 1.54) is 0 Å². The molecular weight excluding hydrogens is 517 g/mol. The standard InChI is InChI=1S/C33H36FN5O2/c1-21-10-11-25-22(18-29(40)23-12-14-33(2,34)19-23)6-3-8-26(25)30(21)41-31-27(9-5-16-36-31)28-13-17-37-32(39-28)38-24-7-4-15-35-20-24/h3,5-6,8-11,13,16-17,23-24,35H,4,7,12,14-15,18-20H2,1-2H3,(H,37,38,39)/t23-,24+,33?/m1/s1. The van der Waals surface area contributed by atoms with Crippen molar-refractivity contribution >= 4 is 22.5 Å². The predicted octanol–water partition coefficient (Wildman–Crippen LogP) is 6.60. The number of Topliss-reactive ketones (excluding diaryl/α,β-unsaturated/α-hetero) is 1. The normalized spacial score (nSPS) is 22.5. The number of alkyl halides is 1. The van der Waals surface area contributed by atoms with Gasteiger partial charge in [-0.25, -0.2) is 19.3 Å². The topological polar surface area (TPSA) is 89.0 Å². The molecule has 3 atom stereocenters. The summed E-state index contributed by atoms with van der Waals surface area (Å²) in [6.45, 7) is 5.53. The van der Waals surface area contributed by atoms with Gasteiger partial charge in [0.15, 0.2) is 0 Å². The van der Waals surface area contributed by atoms with E-state index in [4.69, 9.17) is 9.72 Å². The number of carbonyl (C=O) groups excluding carboxylic acids is 1. The highest BCUT2D eigenvalue weighted by atomic mass is 19.1. The summed E-state index contributed by atoms with van der Waals surface area (Å²) >= 11 is 0. The van der Waals surface area contributed by atoms with Crippen molar-refractivity contribution in [2.24, 2.45) is 5.92 Å². The number of halogens is 1. The summed E-state index contributed by atoms with van der Waals surface area (Å²) in [6.07, 6.45) is 7.31. The number of rotatable bonds is 8. The number of anilines is 1. The van der Waals surface area contributed by atoms with E-state index in [1.54, 1.807) is 19.3 Å². The highest BCUT2D eigenvalue weighted by molar-refractivity contribution is 5.96. The second kappa shape index (κ2) is 11.5. The molecule has 1 aliphatic carbocycles. The van der Waals surface area contributed by atoms with Gasteiger partial charge in [0.1, 0.15) is 17.2 Å². The molecule has 3 heterocycles. The van der Waals surface area contributed by atoms with E-state index >= 15 is 0 Å². The number of fused-ring (bicyclic) bond motifs is 1. The smallest absolute Gasteiger partial charge is 0.228 e. The third kappa shape index (κ3) is 6.07. The fraction of sp³-hybridized carbons (Fsp3) is 0.394. The zero-order valence-corrected chi connectivity index (χ0v) is 23.6. The van der Waals surface area contributed by atoms with E-state index in [0.717, 1.165) is 59.1 Å². The van der Waals surface area contributed by atoms with Gasteiger partial charge in [0.25, 0.3) is 0 Å². The van der Waals surface area contributed by atoms with Crippen LogP contribution in [0, 0.1) is 12.8 Å². The van der Waals surface area contributed by atoms with E-state index < -0.39 is 5.67 Å². The van der Waals surface area contributed by atoms with Gasteiger partial charge in [-0.15, -0.1) is 0 Å². The average Bonchev–Trinajstić information content (AvgIpc) is 3.35. The zero-order valence-electron chi connectivity index (χ0n) is 23.6. The SMILES string of the molecule is Cc1ccc2c(CC(=O)[C@@H]3CCC(C)(F)C3)cccc2c1Oc1ncccc1-c1ccnc(N[C@H]2CCCNC2)n1. The molecule has 0 radical (unpaired) electrons. The van der Waals surface area contributed by atoms with Crippen LogP contribution < -0.4 is 15.4 Å². The maximum absolute atomic E-state index is 14.4. The van der Waals surface area contributed by atoms with Crippen LogP contribution in [0.5, 0.6) is 11.6 Å². The van der Waals surface area contributed by atoms with Crippen LogP contribution in [0.1, 0.15) is 50.2 Å². The van der Waals surface area contributed by atoms with Crippen molar-refractivity contribution in [2.75, 3.05) is 18.4 Å². The fourth-order valence-corrected chi connectivity index (χ4v) is 6.09. The van der Waals surface area contributed by atoms with Crippen molar-refractivity contribution in [3.05, 3.63) is 72.1 Å². The number of hydrogen-bond donors (Lipinski definition) is 2. The summed E-state index contributed by atoms with van der Waals surface area (Å²) in [6, 6.07) is 15.9. The monoisotopic (exact) mass is 553 g/mol. The number of aryl methyl sites for hydroxylation is 1. The molecule has 7 nitrogen and oxygen atoms in total. The van der Waals surface area contributed by atoms with Crippen molar-refractivity contribution < 1.29 is 13.9 Å².